The molecule has 2 nitrogen and oxygen atoms in total. The predicted molar refractivity (Wildman–Crippen MR) is 73.4 cm³/mol. The first-order chi connectivity index (χ1) is 8.26. The van der Waals surface area contributed by atoms with Crippen LogP contribution in [-0.4, -0.2) is 13.2 Å². The van der Waals surface area contributed by atoms with Gasteiger partial charge >= 0.3 is 0 Å². The topological polar surface area (TPSA) is 21.3 Å². The van der Waals surface area contributed by atoms with Gasteiger partial charge in [-0.15, -0.1) is 0 Å². The van der Waals surface area contributed by atoms with Crippen LogP contribution in [0.15, 0.2) is 24.3 Å². The van der Waals surface area contributed by atoms with Gasteiger partial charge in [0.15, 0.2) is 0 Å². The van der Waals surface area contributed by atoms with E-state index in [4.69, 9.17) is 4.74 Å². The van der Waals surface area contributed by atoms with Crippen molar-refractivity contribution in [1.29, 1.82) is 0 Å². The van der Waals surface area contributed by atoms with Gasteiger partial charge in [-0.25, -0.2) is 0 Å². The summed E-state index contributed by atoms with van der Waals surface area (Å²) in [5, 5.41) is 3.55. The lowest BCUT2D eigenvalue weighted by Crippen LogP contribution is -2.25. The molecule has 0 amide bonds. The molecule has 1 unspecified atom stereocenters. The van der Waals surface area contributed by atoms with Gasteiger partial charge in [-0.2, -0.15) is 0 Å². The van der Waals surface area contributed by atoms with E-state index in [0.717, 1.165) is 12.3 Å². The van der Waals surface area contributed by atoms with E-state index in [1.807, 2.05) is 12.1 Å². The second-order valence-corrected chi connectivity index (χ2v) is 4.63. The number of hydrogen-bond acceptors (Lipinski definition) is 2. The van der Waals surface area contributed by atoms with Crippen molar-refractivity contribution in [1.82, 2.24) is 5.32 Å². The molecule has 0 aliphatic carbocycles. The van der Waals surface area contributed by atoms with Gasteiger partial charge in [0.05, 0.1) is 7.11 Å². The Morgan fingerprint density at radius 3 is 2.47 bits per heavy atom. The van der Waals surface area contributed by atoms with Gasteiger partial charge in [0, 0.05) is 12.6 Å². The number of hydrogen-bond donors (Lipinski definition) is 1. The van der Waals surface area contributed by atoms with Gasteiger partial charge in [-0.05, 0) is 31.0 Å². The second kappa shape index (κ2) is 8.13. The zero-order valence-corrected chi connectivity index (χ0v) is 11.3. The molecule has 1 rings (SSSR count). The Labute approximate surface area is 105 Å². The molecule has 1 N–H and O–H groups in total. The maximum absolute atomic E-state index is 5.14. The normalized spacial score (nSPS) is 12.4. The minimum absolute atomic E-state index is 0.601. The number of methoxy groups -OCH3 is 1. The highest BCUT2D eigenvalue weighted by Crippen LogP contribution is 2.11. The molecule has 0 aliphatic rings. The average molecular weight is 235 g/mol. The zero-order chi connectivity index (χ0) is 12.5. The van der Waals surface area contributed by atoms with E-state index in [9.17, 15) is 0 Å². The number of unbranched alkanes of at least 4 members (excludes halogenated alkanes) is 2. The summed E-state index contributed by atoms with van der Waals surface area (Å²) in [6, 6.07) is 8.86. The predicted octanol–water partition coefficient (Wildman–Crippen LogP) is 3.75. The summed E-state index contributed by atoms with van der Waals surface area (Å²) in [5.41, 5.74) is 1.31. The number of ether oxygens (including phenoxy) is 1. The first-order valence-electron chi connectivity index (χ1n) is 6.62. The molecule has 0 bridgehead atoms. The van der Waals surface area contributed by atoms with Gasteiger partial charge in [-0.1, -0.05) is 38.3 Å². The molecule has 17 heavy (non-hydrogen) atoms. The third kappa shape index (κ3) is 5.73. The summed E-state index contributed by atoms with van der Waals surface area (Å²) in [6.45, 7) is 5.45. The Hall–Kier alpha value is -1.02. The van der Waals surface area contributed by atoms with Crippen LogP contribution in [0.2, 0.25) is 0 Å². The zero-order valence-electron chi connectivity index (χ0n) is 11.3. The van der Waals surface area contributed by atoms with Crippen molar-refractivity contribution in [2.45, 2.75) is 52.1 Å². The SMILES string of the molecule is CCCCCC(C)NCc1ccc(OC)cc1. The van der Waals surface area contributed by atoms with E-state index in [-0.39, 0.29) is 0 Å². The van der Waals surface area contributed by atoms with Crippen molar-refractivity contribution >= 4 is 0 Å². The van der Waals surface area contributed by atoms with Gasteiger partial charge in [0.25, 0.3) is 0 Å². The van der Waals surface area contributed by atoms with Crippen LogP contribution in [0, 0.1) is 0 Å². The first-order valence-corrected chi connectivity index (χ1v) is 6.62. The van der Waals surface area contributed by atoms with E-state index in [1.165, 1.54) is 31.2 Å². The summed E-state index contributed by atoms with van der Waals surface area (Å²) in [4.78, 5) is 0. The quantitative estimate of drug-likeness (QED) is 0.693. The molecule has 0 saturated heterocycles. The van der Waals surface area contributed by atoms with Crippen molar-refractivity contribution in [3.63, 3.8) is 0 Å². The summed E-state index contributed by atoms with van der Waals surface area (Å²) in [6.07, 6.45) is 5.23. The van der Waals surface area contributed by atoms with Crippen LogP contribution in [0.4, 0.5) is 0 Å². The Morgan fingerprint density at radius 1 is 1.18 bits per heavy atom. The lowest BCUT2D eigenvalue weighted by molar-refractivity contribution is 0.414. The van der Waals surface area contributed by atoms with Crippen molar-refractivity contribution < 1.29 is 4.74 Å². The number of nitrogens with one attached hydrogen (secondary N) is 1. The van der Waals surface area contributed by atoms with Gasteiger partial charge < -0.3 is 10.1 Å². The van der Waals surface area contributed by atoms with Crippen LogP contribution in [0.25, 0.3) is 0 Å². The highest BCUT2D eigenvalue weighted by Gasteiger charge is 2.01. The molecule has 0 saturated carbocycles. The fourth-order valence-electron chi connectivity index (χ4n) is 1.84. The van der Waals surface area contributed by atoms with Crippen molar-refractivity contribution in [2.75, 3.05) is 7.11 Å². The molecule has 0 aliphatic heterocycles. The minimum Gasteiger partial charge on any atom is -0.497 e. The van der Waals surface area contributed by atoms with E-state index >= 15 is 0 Å². The lowest BCUT2D eigenvalue weighted by Gasteiger charge is -2.13. The Morgan fingerprint density at radius 2 is 1.88 bits per heavy atom. The highest BCUT2D eigenvalue weighted by atomic mass is 16.5. The number of benzene rings is 1. The molecule has 2 heteroatoms. The summed E-state index contributed by atoms with van der Waals surface area (Å²) >= 11 is 0. The molecular weight excluding hydrogens is 210 g/mol. The maximum atomic E-state index is 5.14. The van der Waals surface area contributed by atoms with Gasteiger partial charge in [-0.3, -0.25) is 0 Å². The van der Waals surface area contributed by atoms with Crippen LogP contribution in [0.1, 0.15) is 45.1 Å². The summed E-state index contributed by atoms with van der Waals surface area (Å²) in [7, 11) is 1.70. The maximum Gasteiger partial charge on any atom is 0.118 e. The van der Waals surface area contributed by atoms with E-state index in [2.05, 4.69) is 31.3 Å². The second-order valence-electron chi connectivity index (χ2n) is 4.63. The largest absolute Gasteiger partial charge is 0.497 e. The van der Waals surface area contributed by atoms with Crippen LogP contribution in [0.3, 0.4) is 0 Å². The smallest absolute Gasteiger partial charge is 0.118 e. The fraction of sp³-hybridized carbons (Fsp3) is 0.600. The molecule has 96 valence electrons. The van der Waals surface area contributed by atoms with Crippen molar-refractivity contribution in [2.24, 2.45) is 0 Å². The van der Waals surface area contributed by atoms with E-state index in [1.54, 1.807) is 7.11 Å². The van der Waals surface area contributed by atoms with E-state index in [0.29, 0.717) is 6.04 Å². The molecule has 0 heterocycles. The molecular formula is C15H25NO. The van der Waals surface area contributed by atoms with Gasteiger partial charge in [0.1, 0.15) is 5.75 Å². The molecule has 0 spiro atoms. The molecule has 0 aromatic heterocycles. The standard InChI is InChI=1S/C15H25NO/c1-4-5-6-7-13(2)16-12-14-8-10-15(17-3)11-9-14/h8-11,13,16H,4-7,12H2,1-3H3. The van der Waals surface area contributed by atoms with Gasteiger partial charge in [0.2, 0.25) is 0 Å². The van der Waals surface area contributed by atoms with Crippen LogP contribution in [-0.2, 0) is 6.54 Å². The molecule has 1 atom stereocenters. The van der Waals surface area contributed by atoms with Crippen LogP contribution >= 0.6 is 0 Å². The van der Waals surface area contributed by atoms with Crippen molar-refractivity contribution in [3.05, 3.63) is 29.8 Å². The number of rotatable bonds is 8. The minimum atomic E-state index is 0.601. The van der Waals surface area contributed by atoms with Crippen molar-refractivity contribution in [3.8, 4) is 5.75 Å². The molecule has 0 fully saturated rings. The van der Waals surface area contributed by atoms with E-state index < -0.39 is 0 Å². The lowest BCUT2D eigenvalue weighted by atomic mass is 10.1. The Bertz CT molecular complexity index is 294. The average Bonchev–Trinajstić information content (AvgIpc) is 2.37. The van der Waals surface area contributed by atoms with Crippen LogP contribution < -0.4 is 10.1 Å². The third-order valence-electron chi connectivity index (χ3n) is 3.05. The molecule has 1 aromatic rings. The monoisotopic (exact) mass is 235 g/mol. The third-order valence-corrected chi connectivity index (χ3v) is 3.05. The summed E-state index contributed by atoms with van der Waals surface area (Å²) in [5.74, 6) is 0.921. The van der Waals surface area contributed by atoms with Crippen LogP contribution in [0.5, 0.6) is 5.75 Å². The highest BCUT2D eigenvalue weighted by molar-refractivity contribution is 5.26. The fourth-order valence-corrected chi connectivity index (χ4v) is 1.84. The molecule has 0 radical (unpaired) electrons. The first kappa shape index (κ1) is 14.0. The molecule has 1 aromatic carbocycles. The summed E-state index contributed by atoms with van der Waals surface area (Å²) < 4.78 is 5.14. The Kier molecular flexibility index (Phi) is 6.71. The Balaban J connectivity index is 2.24.